The molecular formula is C27H22ClNO5S. The van der Waals surface area contributed by atoms with Gasteiger partial charge in [-0.2, -0.15) is 0 Å². The van der Waals surface area contributed by atoms with Crippen LogP contribution in [0.1, 0.15) is 12.0 Å². The van der Waals surface area contributed by atoms with Gasteiger partial charge in [-0.05, 0) is 43.7 Å². The molecule has 3 aromatic carbocycles. The molecule has 8 heteroatoms. The summed E-state index contributed by atoms with van der Waals surface area (Å²) in [7, 11) is 1.58. The minimum absolute atomic E-state index is 0.202. The van der Waals surface area contributed by atoms with Crippen molar-refractivity contribution in [1.82, 2.24) is 4.98 Å². The fraction of sp³-hybridized carbons (Fsp3) is 0.185. The van der Waals surface area contributed by atoms with Crippen molar-refractivity contribution in [2.45, 2.75) is 18.6 Å². The standard InChI is InChI=1S/C27H22ClNO5S/c1-16-4-6-17(7-5-16)25-26(24(30)20-10-9-19(31-2)15-23(20)33-25)32-12-3-13-35-27-29-21-14-18(28)8-11-22(21)34-27/h4-11,14-15H,3,12-13H2,1-2H3. The summed E-state index contributed by atoms with van der Waals surface area (Å²) in [6.07, 6.45) is 0.678. The van der Waals surface area contributed by atoms with E-state index in [1.807, 2.05) is 31.2 Å². The highest BCUT2D eigenvalue weighted by Crippen LogP contribution is 2.33. The van der Waals surface area contributed by atoms with Crippen molar-refractivity contribution < 1.29 is 18.3 Å². The molecule has 5 aromatic rings. The van der Waals surface area contributed by atoms with Crippen LogP contribution in [0.3, 0.4) is 0 Å². The van der Waals surface area contributed by atoms with E-state index in [0.717, 1.165) is 16.6 Å². The maximum atomic E-state index is 13.3. The lowest BCUT2D eigenvalue weighted by Gasteiger charge is -2.12. The van der Waals surface area contributed by atoms with Crippen molar-refractivity contribution in [2.75, 3.05) is 19.5 Å². The molecule has 0 fully saturated rings. The van der Waals surface area contributed by atoms with Gasteiger partial charge in [-0.25, -0.2) is 4.98 Å². The number of aryl methyl sites for hydroxylation is 1. The Labute approximate surface area is 210 Å². The highest BCUT2D eigenvalue weighted by atomic mass is 35.5. The predicted octanol–water partition coefficient (Wildman–Crippen LogP) is 7.13. The number of methoxy groups -OCH3 is 1. The SMILES string of the molecule is COc1ccc2c(=O)c(OCCCSc3nc4cc(Cl)ccc4o3)c(-c3ccc(C)cc3)oc2c1. The molecule has 2 aromatic heterocycles. The number of hydrogen-bond acceptors (Lipinski definition) is 7. The molecule has 2 heterocycles. The van der Waals surface area contributed by atoms with E-state index < -0.39 is 0 Å². The second-order valence-electron chi connectivity index (χ2n) is 7.96. The highest BCUT2D eigenvalue weighted by Gasteiger charge is 2.18. The quantitative estimate of drug-likeness (QED) is 0.163. The first-order valence-electron chi connectivity index (χ1n) is 11.1. The topological polar surface area (TPSA) is 74.7 Å². The Morgan fingerprint density at radius 3 is 2.63 bits per heavy atom. The second kappa shape index (κ2) is 10.1. The van der Waals surface area contributed by atoms with Crippen molar-refractivity contribution in [1.29, 1.82) is 0 Å². The molecule has 0 saturated carbocycles. The number of hydrogen-bond donors (Lipinski definition) is 0. The third kappa shape index (κ3) is 5.01. The number of thioether (sulfide) groups is 1. The molecule has 0 aliphatic rings. The van der Waals surface area contributed by atoms with E-state index in [0.29, 0.717) is 57.1 Å². The maximum absolute atomic E-state index is 13.3. The second-order valence-corrected chi connectivity index (χ2v) is 9.44. The third-order valence-corrected chi connectivity index (χ3v) is 6.61. The average molecular weight is 508 g/mol. The zero-order chi connectivity index (χ0) is 24.4. The number of fused-ring (bicyclic) bond motifs is 2. The molecule has 0 amide bonds. The molecule has 6 nitrogen and oxygen atoms in total. The van der Waals surface area contributed by atoms with E-state index in [2.05, 4.69) is 4.98 Å². The molecule has 0 bridgehead atoms. The molecule has 0 aliphatic carbocycles. The number of oxazole rings is 1. The predicted molar refractivity (Wildman–Crippen MR) is 139 cm³/mol. The Morgan fingerprint density at radius 1 is 1.00 bits per heavy atom. The first-order chi connectivity index (χ1) is 17.0. The van der Waals surface area contributed by atoms with Gasteiger partial charge in [0.25, 0.3) is 5.22 Å². The van der Waals surface area contributed by atoms with Crippen molar-refractivity contribution in [3.05, 3.63) is 81.5 Å². The van der Waals surface area contributed by atoms with Crippen LogP contribution in [-0.4, -0.2) is 24.5 Å². The van der Waals surface area contributed by atoms with Gasteiger partial charge in [-0.15, -0.1) is 0 Å². The van der Waals surface area contributed by atoms with E-state index in [-0.39, 0.29) is 11.2 Å². The van der Waals surface area contributed by atoms with Gasteiger partial charge in [0, 0.05) is 22.4 Å². The number of nitrogens with zero attached hydrogens (tertiary/aromatic N) is 1. The molecule has 0 radical (unpaired) electrons. The van der Waals surface area contributed by atoms with Gasteiger partial charge in [0.1, 0.15) is 16.8 Å². The molecule has 178 valence electrons. The lowest BCUT2D eigenvalue weighted by Crippen LogP contribution is -2.11. The third-order valence-electron chi connectivity index (χ3n) is 5.46. The summed E-state index contributed by atoms with van der Waals surface area (Å²) >= 11 is 7.50. The van der Waals surface area contributed by atoms with Gasteiger partial charge in [-0.1, -0.05) is 53.2 Å². The first kappa shape index (κ1) is 23.3. The molecular weight excluding hydrogens is 486 g/mol. The number of halogens is 1. The fourth-order valence-electron chi connectivity index (χ4n) is 3.64. The van der Waals surface area contributed by atoms with Crippen LogP contribution < -0.4 is 14.9 Å². The van der Waals surface area contributed by atoms with Crippen LogP contribution in [0.25, 0.3) is 33.4 Å². The van der Waals surface area contributed by atoms with Crippen LogP contribution in [-0.2, 0) is 0 Å². The summed E-state index contributed by atoms with van der Waals surface area (Å²) in [6, 6.07) is 18.3. The molecule has 0 spiro atoms. The summed E-state index contributed by atoms with van der Waals surface area (Å²) in [6.45, 7) is 2.34. The van der Waals surface area contributed by atoms with Crippen molar-refractivity contribution in [3.8, 4) is 22.8 Å². The summed E-state index contributed by atoms with van der Waals surface area (Å²) in [5.41, 5.74) is 3.54. The van der Waals surface area contributed by atoms with Crippen molar-refractivity contribution in [2.24, 2.45) is 0 Å². The Bertz CT molecular complexity index is 1560. The van der Waals surface area contributed by atoms with Gasteiger partial charge in [0.15, 0.2) is 11.3 Å². The number of ether oxygens (including phenoxy) is 2. The normalized spacial score (nSPS) is 11.3. The van der Waals surface area contributed by atoms with E-state index in [4.69, 9.17) is 29.9 Å². The molecule has 0 N–H and O–H groups in total. The van der Waals surface area contributed by atoms with Gasteiger partial charge in [-0.3, -0.25) is 4.79 Å². The Balaban J connectivity index is 1.35. The molecule has 0 atom stereocenters. The van der Waals surface area contributed by atoms with Crippen LogP contribution in [0, 0.1) is 6.92 Å². The van der Waals surface area contributed by atoms with Crippen LogP contribution in [0.2, 0.25) is 5.02 Å². The van der Waals surface area contributed by atoms with Gasteiger partial charge in [0.05, 0.1) is 19.1 Å². The lowest BCUT2D eigenvalue weighted by atomic mass is 10.1. The van der Waals surface area contributed by atoms with E-state index in [9.17, 15) is 4.79 Å². The Kier molecular flexibility index (Phi) is 6.70. The van der Waals surface area contributed by atoms with Crippen LogP contribution in [0.5, 0.6) is 11.5 Å². The highest BCUT2D eigenvalue weighted by molar-refractivity contribution is 7.99. The van der Waals surface area contributed by atoms with E-state index >= 15 is 0 Å². The fourth-order valence-corrected chi connectivity index (χ4v) is 4.56. The van der Waals surface area contributed by atoms with Crippen LogP contribution in [0.4, 0.5) is 0 Å². The smallest absolute Gasteiger partial charge is 0.256 e. The van der Waals surface area contributed by atoms with Crippen LogP contribution >= 0.6 is 23.4 Å². The van der Waals surface area contributed by atoms with E-state index in [1.54, 1.807) is 43.5 Å². The zero-order valence-electron chi connectivity index (χ0n) is 19.2. The largest absolute Gasteiger partial charge is 0.497 e. The summed E-state index contributed by atoms with van der Waals surface area (Å²) in [5, 5.41) is 1.63. The van der Waals surface area contributed by atoms with Gasteiger partial charge < -0.3 is 18.3 Å². The summed E-state index contributed by atoms with van der Waals surface area (Å²) in [5.74, 6) is 1.92. The first-order valence-corrected chi connectivity index (χ1v) is 12.4. The monoisotopic (exact) mass is 507 g/mol. The van der Waals surface area contributed by atoms with Crippen LogP contribution in [0.15, 0.2) is 79.5 Å². The van der Waals surface area contributed by atoms with Gasteiger partial charge in [0.2, 0.25) is 11.2 Å². The molecule has 5 rings (SSSR count). The average Bonchev–Trinajstić information content (AvgIpc) is 3.27. The number of benzene rings is 3. The Hall–Kier alpha value is -3.42. The van der Waals surface area contributed by atoms with E-state index in [1.165, 1.54) is 11.8 Å². The summed E-state index contributed by atoms with van der Waals surface area (Å²) in [4.78, 5) is 17.8. The molecule has 35 heavy (non-hydrogen) atoms. The van der Waals surface area contributed by atoms with Crippen molar-refractivity contribution >= 4 is 45.4 Å². The van der Waals surface area contributed by atoms with Gasteiger partial charge >= 0.3 is 0 Å². The maximum Gasteiger partial charge on any atom is 0.256 e. The van der Waals surface area contributed by atoms with Crippen molar-refractivity contribution in [3.63, 3.8) is 0 Å². The molecule has 0 saturated heterocycles. The minimum atomic E-state index is -0.215. The number of aromatic nitrogens is 1. The molecule has 0 unspecified atom stereocenters. The minimum Gasteiger partial charge on any atom is -0.497 e. The number of rotatable bonds is 8. The zero-order valence-corrected chi connectivity index (χ0v) is 20.7. The Morgan fingerprint density at radius 2 is 1.83 bits per heavy atom. The summed E-state index contributed by atoms with van der Waals surface area (Å²) < 4.78 is 23.2. The lowest BCUT2D eigenvalue weighted by molar-refractivity contribution is 0.310. The molecule has 0 aliphatic heterocycles.